The molecule has 0 saturated heterocycles. The molecule has 2 rings (SSSR count). The summed E-state index contributed by atoms with van der Waals surface area (Å²) in [5.74, 6) is -0.673. The molecule has 0 radical (unpaired) electrons. The summed E-state index contributed by atoms with van der Waals surface area (Å²) in [4.78, 5) is 19.1. The van der Waals surface area contributed by atoms with E-state index >= 15 is 0 Å². The molecule has 0 aliphatic heterocycles. The average Bonchev–Trinajstić information content (AvgIpc) is 2.41. The summed E-state index contributed by atoms with van der Waals surface area (Å²) in [6, 6.07) is 5.32. The van der Waals surface area contributed by atoms with Crippen LogP contribution in [0.15, 0.2) is 36.7 Å². The second kappa shape index (κ2) is 5.22. The molecule has 5 nitrogen and oxygen atoms in total. The highest BCUT2D eigenvalue weighted by Crippen LogP contribution is 2.22. The normalized spacial score (nSPS) is 9.89. The third-order valence-corrected chi connectivity index (χ3v) is 2.07. The first kappa shape index (κ1) is 12.0. The van der Waals surface area contributed by atoms with Crippen molar-refractivity contribution in [1.82, 2.24) is 9.97 Å². The van der Waals surface area contributed by atoms with Gasteiger partial charge in [-0.05, 0) is 24.3 Å². The number of ether oxygens (including phenoxy) is 2. The summed E-state index contributed by atoms with van der Waals surface area (Å²) >= 11 is 0. The Bertz CT molecular complexity index is 558. The van der Waals surface area contributed by atoms with Gasteiger partial charge in [-0.15, -0.1) is 0 Å². The Morgan fingerprint density at radius 3 is 2.50 bits per heavy atom. The Kier molecular flexibility index (Phi) is 3.47. The predicted molar refractivity (Wildman–Crippen MR) is 59.8 cm³/mol. The molecule has 0 saturated carbocycles. The number of hydrogen-bond acceptors (Lipinski definition) is 5. The number of benzene rings is 1. The summed E-state index contributed by atoms with van der Waals surface area (Å²) in [5, 5.41) is 0. The Balaban J connectivity index is 2.28. The smallest absolute Gasteiger partial charge is 0.362 e. The monoisotopic (exact) mass is 248 g/mol. The number of hydrogen-bond donors (Lipinski definition) is 0. The lowest BCUT2D eigenvalue weighted by atomic mass is 10.3. The third kappa shape index (κ3) is 2.60. The molecule has 0 bridgehead atoms. The number of carbonyl (C=O) groups excluding carboxylic acids is 1. The Hall–Kier alpha value is -2.50. The first-order valence-corrected chi connectivity index (χ1v) is 5.03. The predicted octanol–water partition coefficient (Wildman–Crippen LogP) is 2.19. The first-order valence-electron chi connectivity index (χ1n) is 5.03. The van der Waals surface area contributed by atoms with Crippen LogP contribution in [0.2, 0.25) is 0 Å². The minimum absolute atomic E-state index is 0.0101. The number of halogens is 1. The zero-order chi connectivity index (χ0) is 13.0. The summed E-state index contributed by atoms with van der Waals surface area (Å²) in [6.07, 6.45) is 2.73. The highest BCUT2D eigenvalue weighted by atomic mass is 19.1. The van der Waals surface area contributed by atoms with Crippen LogP contribution in [0, 0.1) is 5.82 Å². The van der Waals surface area contributed by atoms with Crippen molar-refractivity contribution in [3.05, 3.63) is 48.2 Å². The largest absolute Gasteiger partial charge is 0.464 e. The van der Waals surface area contributed by atoms with Gasteiger partial charge in [0.15, 0.2) is 0 Å². The van der Waals surface area contributed by atoms with Crippen LogP contribution in [0.25, 0.3) is 0 Å². The second-order valence-electron chi connectivity index (χ2n) is 3.26. The first-order chi connectivity index (χ1) is 8.70. The molecule has 0 N–H and O–H groups in total. The zero-order valence-electron chi connectivity index (χ0n) is 9.46. The van der Waals surface area contributed by atoms with Crippen LogP contribution in [-0.2, 0) is 4.74 Å². The average molecular weight is 248 g/mol. The van der Waals surface area contributed by atoms with Gasteiger partial charge in [-0.1, -0.05) is 0 Å². The summed E-state index contributed by atoms with van der Waals surface area (Å²) in [5.41, 5.74) is -0.0377. The molecular formula is C12H9FN2O3. The van der Waals surface area contributed by atoms with Crippen LogP contribution in [0.4, 0.5) is 4.39 Å². The van der Waals surface area contributed by atoms with E-state index in [1.807, 2.05) is 0 Å². The lowest BCUT2D eigenvalue weighted by Crippen LogP contribution is -2.07. The standard InChI is InChI=1S/C12H9FN2O3/c1-17-12(16)10-11(15-7-6-14-10)18-9-4-2-8(13)3-5-9/h2-7H,1H3. The minimum atomic E-state index is -0.653. The van der Waals surface area contributed by atoms with Gasteiger partial charge < -0.3 is 9.47 Å². The molecule has 0 aliphatic rings. The van der Waals surface area contributed by atoms with Crippen molar-refractivity contribution in [2.45, 2.75) is 0 Å². The van der Waals surface area contributed by atoms with Gasteiger partial charge in [0.1, 0.15) is 11.6 Å². The van der Waals surface area contributed by atoms with Gasteiger partial charge in [-0.3, -0.25) is 0 Å². The number of carbonyl (C=O) groups is 1. The molecule has 0 spiro atoms. The molecule has 0 atom stereocenters. The van der Waals surface area contributed by atoms with Crippen molar-refractivity contribution >= 4 is 5.97 Å². The van der Waals surface area contributed by atoms with Crippen LogP contribution in [0.3, 0.4) is 0 Å². The Morgan fingerprint density at radius 2 is 1.83 bits per heavy atom. The second-order valence-corrected chi connectivity index (χ2v) is 3.26. The number of aromatic nitrogens is 2. The number of nitrogens with zero attached hydrogens (tertiary/aromatic N) is 2. The van der Waals surface area contributed by atoms with Gasteiger partial charge in [0.25, 0.3) is 5.88 Å². The van der Waals surface area contributed by atoms with E-state index in [0.29, 0.717) is 5.75 Å². The van der Waals surface area contributed by atoms with Gasteiger partial charge in [0, 0.05) is 12.4 Å². The number of esters is 1. The molecule has 6 heteroatoms. The van der Waals surface area contributed by atoms with Crippen molar-refractivity contribution in [3.63, 3.8) is 0 Å². The van der Waals surface area contributed by atoms with Gasteiger partial charge in [0.05, 0.1) is 7.11 Å². The molecular weight excluding hydrogens is 239 g/mol. The van der Waals surface area contributed by atoms with Crippen molar-refractivity contribution in [2.75, 3.05) is 7.11 Å². The van der Waals surface area contributed by atoms with Gasteiger partial charge in [-0.25, -0.2) is 19.2 Å². The van der Waals surface area contributed by atoms with Crippen LogP contribution < -0.4 is 4.74 Å². The molecule has 0 unspecified atom stereocenters. The van der Waals surface area contributed by atoms with Crippen molar-refractivity contribution in [1.29, 1.82) is 0 Å². The highest BCUT2D eigenvalue weighted by molar-refractivity contribution is 5.89. The summed E-state index contributed by atoms with van der Waals surface area (Å²) < 4.78 is 22.6. The number of methoxy groups -OCH3 is 1. The van der Waals surface area contributed by atoms with E-state index < -0.39 is 5.97 Å². The molecule has 0 amide bonds. The quantitative estimate of drug-likeness (QED) is 0.779. The highest BCUT2D eigenvalue weighted by Gasteiger charge is 2.16. The van der Waals surface area contributed by atoms with E-state index in [2.05, 4.69) is 14.7 Å². The molecule has 1 heterocycles. The van der Waals surface area contributed by atoms with Crippen molar-refractivity contribution in [2.24, 2.45) is 0 Å². The molecule has 92 valence electrons. The third-order valence-electron chi connectivity index (χ3n) is 2.07. The van der Waals surface area contributed by atoms with E-state index in [1.54, 1.807) is 0 Å². The van der Waals surface area contributed by atoms with E-state index in [0.717, 1.165) is 0 Å². The maximum absolute atomic E-state index is 12.7. The maximum Gasteiger partial charge on any atom is 0.362 e. The lowest BCUT2D eigenvalue weighted by Gasteiger charge is -2.07. The Morgan fingerprint density at radius 1 is 1.17 bits per heavy atom. The lowest BCUT2D eigenvalue weighted by molar-refractivity contribution is 0.0590. The fourth-order valence-electron chi connectivity index (χ4n) is 1.25. The van der Waals surface area contributed by atoms with E-state index in [1.165, 1.54) is 43.8 Å². The van der Waals surface area contributed by atoms with Crippen LogP contribution in [-0.4, -0.2) is 23.0 Å². The Labute approximate surface area is 102 Å². The fraction of sp³-hybridized carbons (Fsp3) is 0.0833. The molecule has 0 aliphatic carbocycles. The van der Waals surface area contributed by atoms with Crippen molar-refractivity contribution in [3.8, 4) is 11.6 Å². The van der Waals surface area contributed by atoms with Crippen LogP contribution >= 0.6 is 0 Å². The van der Waals surface area contributed by atoms with Gasteiger partial charge in [0.2, 0.25) is 5.69 Å². The molecule has 0 fully saturated rings. The molecule has 2 aromatic rings. The SMILES string of the molecule is COC(=O)c1nccnc1Oc1ccc(F)cc1. The molecule has 1 aromatic heterocycles. The maximum atomic E-state index is 12.7. The summed E-state index contributed by atoms with van der Waals surface area (Å²) in [6.45, 7) is 0. The molecule has 18 heavy (non-hydrogen) atoms. The van der Waals surface area contributed by atoms with Gasteiger partial charge >= 0.3 is 5.97 Å². The van der Waals surface area contributed by atoms with Gasteiger partial charge in [-0.2, -0.15) is 0 Å². The summed E-state index contributed by atoms with van der Waals surface area (Å²) in [7, 11) is 1.23. The number of rotatable bonds is 3. The van der Waals surface area contributed by atoms with E-state index in [-0.39, 0.29) is 17.4 Å². The van der Waals surface area contributed by atoms with Crippen LogP contribution in [0.1, 0.15) is 10.5 Å². The van der Waals surface area contributed by atoms with Crippen molar-refractivity contribution < 1.29 is 18.7 Å². The topological polar surface area (TPSA) is 61.3 Å². The van der Waals surface area contributed by atoms with E-state index in [9.17, 15) is 9.18 Å². The van der Waals surface area contributed by atoms with Crippen LogP contribution in [0.5, 0.6) is 11.6 Å². The zero-order valence-corrected chi connectivity index (χ0v) is 9.46. The fourth-order valence-corrected chi connectivity index (χ4v) is 1.25. The minimum Gasteiger partial charge on any atom is -0.464 e. The molecule has 1 aromatic carbocycles. The van der Waals surface area contributed by atoms with E-state index in [4.69, 9.17) is 4.74 Å².